The lowest BCUT2D eigenvalue weighted by molar-refractivity contribution is 0.0975. The number of nitrogens with one attached hydrogen (secondary N) is 1. The van der Waals surface area contributed by atoms with Gasteiger partial charge in [-0.1, -0.05) is 30.3 Å². The van der Waals surface area contributed by atoms with E-state index in [0.29, 0.717) is 4.88 Å². The van der Waals surface area contributed by atoms with Crippen LogP contribution in [-0.4, -0.2) is 21.7 Å². The fourth-order valence-corrected chi connectivity index (χ4v) is 5.41. The van der Waals surface area contributed by atoms with E-state index in [1.165, 1.54) is 35.6 Å². The average molecular weight is 494 g/mol. The second-order valence-electron chi connectivity index (χ2n) is 8.28. The maximum atomic E-state index is 13.7. The van der Waals surface area contributed by atoms with Crippen molar-refractivity contribution in [3.8, 4) is 0 Å². The molecule has 4 nitrogen and oxygen atoms in total. The van der Waals surface area contributed by atoms with Crippen molar-refractivity contribution in [3.63, 3.8) is 0 Å². The Hall–Kier alpha value is -3.23. The lowest BCUT2D eigenvalue weighted by atomic mass is 9.77. The van der Waals surface area contributed by atoms with Crippen LogP contribution in [0.4, 0.5) is 8.78 Å². The van der Waals surface area contributed by atoms with E-state index in [4.69, 9.17) is 17.3 Å². The van der Waals surface area contributed by atoms with E-state index in [0.717, 1.165) is 41.7 Å². The maximum absolute atomic E-state index is 13.7. The van der Waals surface area contributed by atoms with Crippen LogP contribution in [0.5, 0.6) is 0 Å². The van der Waals surface area contributed by atoms with Crippen LogP contribution < -0.4 is 5.32 Å². The molecule has 2 unspecified atom stereocenters. The van der Waals surface area contributed by atoms with Gasteiger partial charge in [0.05, 0.1) is 16.6 Å². The number of benzene rings is 2. The van der Waals surface area contributed by atoms with E-state index in [1.807, 2.05) is 11.5 Å². The molecule has 2 aliphatic rings. The third kappa shape index (κ3) is 4.56. The van der Waals surface area contributed by atoms with Crippen LogP contribution in [0.3, 0.4) is 0 Å². The number of thiophene rings is 1. The van der Waals surface area contributed by atoms with Crippen LogP contribution in [-0.2, 0) is 0 Å². The van der Waals surface area contributed by atoms with Gasteiger partial charge in [-0.25, -0.2) is 13.8 Å². The summed E-state index contributed by atoms with van der Waals surface area (Å²) in [5.41, 5.74) is 3.73. The fourth-order valence-electron chi connectivity index (χ4n) is 4.55. The Morgan fingerprint density at radius 1 is 1.09 bits per heavy atom. The molecule has 1 amide bonds. The first-order chi connectivity index (χ1) is 16.5. The molecule has 172 valence electrons. The summed E-state index contributed by atoms with van der Waals surface area (Å²) < 4.78 is 27.0. The number of carbonyl (C=O) groups excluding carboxylic acids is 1. The second kappa shape index (κ2) is 9.56. The lowest BCUT2D eigenvalue weighted by Crippen LogP contribution is -2.41. The summed E-state index contributed by atoms with van der Waals surface area (Å²) in [5, 5.41) is 11.4. The SMILES string of the molecule is O=C(NC(=S)N1N=C2/C(=C/c3ccc(F)cc3)CCCC2C1c1ccc(F)cc1)c1cccs1. The van der Waals surface area contributed by atoms with Gasteiger partial charge in [0.2, 0.25) is 0 Å². The monoisotopic (exact) mass is 493 g/mol. The zero-order valence-electron chi connectivity index (χ0n) is 18.1. The van der Waals surface area contributed by atoms with Gasteiger partial charge in [-0.05, 0) is 90.0 Å². The van der Waals surface area contributed by atoms with Gasteiger partial charge in [0.1, 0.15) is 11.6 Å². The summed E-state index contributed by atoms with van der Waals surface area (Å²) in [6, 6.07) is 16.0. The molecule has 1 aliphatic heterocycles. The van der Waals surface area contributed by atoms with Crippen LogP contribution in [0.1, 0.15) is 46.1 Å². The molecule has 5 rings (SSSR count). The Morgan fingerprint density at radius 3 is 2.47 bits per heavy atom. The van der Waals surface area contributed by atoms with Gasteiger partial charge < -0.3 is 0 Å². The first-order valence-corrected chi connectivity index (χ1v) is 12.3. The molecular formula is C26H21F2N3OS2. The van der Waals surface area contributed by atoms with Crippen molar-refractivity contribution >= 4 is 46.4 Å². The third-order valence-corrected chi connectivity index (χ3v) is 7.26. The summed E-state index contributed by atoms with van der Waals surface area (Å²) in [6.07, 6.45) is 4.71. The second-order valence-corrected chi connectivity index (χ2v) is 9.62. The molecule has 2 atom stereocenters. The van der Waals surface area contributed by atoms with Crippen molar-refractivity contribution in [2.45, 2.75) is 25.3 Å². The Morgan fingerprint density at radius 2 is 1.79 bits per heavy atom. The van der Waals surface area contributed by atoms with Crippen molar-refractivity contribution in [1.29, 1.82) is 0 Å². The highest BCUT2D eigenvalue weighted by Crippen LogP contribution is 2.44. The molecule has 1 fully saturated rings. The molecule has 1 aromatic heterocycles. The highest BCUT2D eigenvalue weighted by atomic mass is 32.1. The molecule has 0 spiro atoms. The minimum absolute atomic E-state index is 0.0301. The van der Waals surface area contributed by atoms with Crippen LogP contribution in [0.15, 0.2) is 76.7 Å². The number of halogens is 2. The van der Waals surface area contributed by atoms with Crippen LogP contribution in [0, 0.1) is 17.6 Å². The van der Waals surface area contributed by atoms with Crippen molar-refractivity contribution < 1.29 is 13.6 Å². The minimum Gasteiger partial charge on any atom is -0.297 e. The molecule has 2 heterocycles. The van der Waals surface area contributed by atoms with E-state index in [9.17, 15) is 13.6 Å². The topological polar surface area (TPSA) is 44.7 Å². The summed E-state index contributed by atoms with van der Waals surface area (Å²) in [5.74, 6) is -0.850. The number of hydrazone groups is 1. The molecule has 1 N–H and O–H groups in total. The molecular weight excluding hydrogens is 472 g/mol. The quantitative estimate of drug-likeness (QED) is 0.433. The number of allylic oxidation sites excluding steroid dienone is 1. The number of thiocarbonyl (C=S) groups is 1. The fraction of sp³-hybridized carbons (Fsp3) is 0.192. The first-order valence-electron chi connectivity index (χ1n) is 11.0. The van der Waals surface area contributed by atoms with E-state index < -0.39 is 0 Å². The molecule has 0 bridgehead atoms. The molecule has 2 aromatic carbocycles. The lowest BCUT2D eigenvalue weighted by Gasteiger charge is -2.30. The molecule has 1 aliphatic carbocycles. The van der Waals surface area contributed by atoms with Crippen LogP contribution >= 0.6 is 23.6 Å². The van der Waals surface area contributed by atoms with Gasteiger partial charge in [0.15, 0.2) is 5.11 Å². The van der Waals surface area contributed by atoms with Gasteiger partial charge >= 0.3 is 0 Å². The number of hydrogen-bond donors (Lipinski definition) is 1. The zero-order chi connectivity index (χ0) is 23.7. The molecule has 8 heteroatoms. The number of rotatable bonds is 3. The summed E-state index contributed by atoms with van der Waals surface area (Å²) >= 11 is 6.96. The number of fused-ring (bicyclic) bond motifs is 1. The Labute approximate surface area is 205 Å². The van der Waals surface area contributed by atoms with E-state index in [1.54, 1.807) is 41.4 Å². The number of nitrogens with zero attached hydrogens (tertiary/aromatic N) is 2. The minimum atomic E-state index is -0.316. The smallest absolute Gasteiger partial charge is 0.267 e. The molecule has 34 heavy (non-hydrogen) atoms. The van der Waals surface area contributed by atoms with Crippen molar-refractivity contribution in [2.75, 3.05) is 0 Å². The Bertz CT molecular complexity index is 1270. The van der Waals surface area contributed by atoms with Gasteiger partial charge in [-0.2, -0.15) is 5.10 Å². The Balaban J connectivity index is 1.50. The highest BCUT2D eigenvalue weighted by Gasteiger charge is 2.43. The van der Waals surface area contributed by atoms with Crippen molar-refractivity contribution in [2.24, 2.45) is 11.0 Å². The number of amides is 1. The third-order valence-electron chi connectivity index (χ3n) is 6.10. The predicted molar refractivity (Wildman–Crippen MR) is 135 cm³/mol. The first kappa shape index (κ1) is 22.6. The van der Waals surface area contributed by atoms with Crippen molar-refractivity contribution in [1.82, 2.24) is 10.3 Å². The van der Waals surface area contributed by atoms with E-state index in [-0.39, 0.29) is 34.6 Å². The standard InChI is InChI=1S/C26H21F2N3OS2/c27-19-10-6-16(7-11-19)15-18-3-1-4-21-23(18)30-31(24(21)17-8-12-20(28)13-9-17)26(33)29-25(32)22-5-2-14-34-22/h2,5-15,21,24H,1,3-4H2,(H,29,32,33)/b18-15+. The van der Waals surface area contributed by atoms with E-state index in [2.05, 4.69) is 5.32 Å². The molecule has 3 aromatic rings. The maximum Gasteiger partial charge on any atom is 0.267 e. The molecule has 1 saturated carbocycles. The number of hydrogen-bond acceptors (Lipinski definition) is 4. The summed E-state index contributed by atoms with van der Waals surface area (Å²) in [7, 11) is 0. The number of carbonyl (C=O) groups is 1. The van der Waals surface area contributed by atoms with Gasteiger partial charge in [-0.15, -0.1) is 11.3 Å². The average Bonchev–Trinajstić information content (AvgIpc) is 3.50. The molecule has 0 radical (unpaired) electrons. The normalized spacial score (nSPS) is 20.7. The van der Waals surface area contributed by atoms with Gasteiger partial charge in [0.25, 0.3) is 5.91 Å². The largest absolute Gasteiger partial charge is 0.297 e. The molecule has 0 saturated heterocycles. The van der Waals surface area contributed by atoms with E-state index >= 15 is 0 Å². The van der Waals surface area contributed by atoms with Crippen LogP contribution in [0.2, 0.25) is 0 Å². The highest BCUT2D eigenvalue weighted by molar-refractivity contribution is 7.80. The summed E-state index contributed by atoms with van der Waals surface area (Å²) in [4.78, 5) is 13.2. The van der Waals surface area contributed by atoms with Gasteiger partial charge in [-0.3, -0.25) is 10.1 Å². The Kier molecular flexibility index (Phi) is 6.34. The predicted octanol–water partition coefficient (Wildman–Crippen LogP) is 6.34. The van der Waals surface area contributed by atoms with Gasteiger partial charge in [0, 0.05) is 5.92 Å². The zero-order valence-corrected chi connectivity index (χ0v) is 19.7. The summed E-state index contributed by atoms with van der Waals surface area (Å²) in [6.45, 7) is 0. The van der Waals surface area contributed by atoms with Crippen LogP contribution in [0.25, 0.3) is 6.08 Å². The van der Waals surface area contributed by atoms with Crippen molar-refractivity contribution in [3.05, 3.63) is 99.3 Å².